The highest BCUT2D eigenvalue weighted by Crippen LogP contribution is 2.56. The van der Waals surface area contributed by atoms with Crippen LogP contribution >= 0.6 is 0 Å². The monoisotopic (exact) mass is 417 g/mol. The molecule has 0 bridgehead atoms. The summed E-state index contributed by atoms with van der Waals surface area (Å²) in [5.74, 6) is -0.228. The molecule has 0 unspecified atom stereocenters. The van der Waals surface area contributed by atoms with Gasteiger partial charge in [-0.15, -0.1) is 0 Å². The first kappa shape index (κ1) is 20.9. The molecule has 1 aliphatic rings. The summed E-state index contributed by atoms with van der Waals surface area (Å²) in [4.78, 5) is 38.1. The third-order valence-corrected chi connectivity index (χ3v) is 6.02. The summed E-state index contributed by atoms with van der Waals surface area (Å²) in [5.41, 5.74) is 7.16. The van der Waals surface area contributed by atoms with Crippen LogP contribution in [0.3, 0.4) is 0 Å². The van der Waals surface area contributed by atoms with Crippen molar-refractivity contribution in [2.45, 2.75) is 52.0 Å². The summed E-state index contributed by atoms with van der Waals surface area (Å²) in [6, 6.07) is 11.0. The fraction of sp³-hybridized carbons (Fsp3) is 0.375. The van der Waals surface area contributed by atoms with Gasteiger partial charge in [-0.05, 0) is 40.9 Å². The highest BCUT2D eigenvalue weighted by atomic mass is 16.1. The van der Waals surface area contributed by atoms with Crippen LogP contribution in [0.1, 0.15) is 68.2 Å². The molecule has 1 amide bonds. The quantitative estimate of drug-likeness (QED) is 0.684. The Bertz CT molecular complexity index is 1170. The Kier molecular flexibility index (Phi) is 5.00. The molecular weight excluding hydrogens is 390 g/mol. The Morgan fingerprint density at radius 2 is 1.74 bits per heavy atom. The van der Waals surface area contributed by atoms with Crippen molar-refractivity contribution in [3.05, 3.63) is 76.0 Å². The van der Waals surface area contributed by atoms with Gasteiger partial charge in [0.2, 0.25) is 0 Å². The van der Waals surface area contributed by atoms with Gasteiger partial charge in [-0.2, -0.15) is 0 Å². The van der Waals surface area contributed by atoms with E-state index in [0.29, 0.717) is 0 Å². The minimum absolute atomic E-state index is 0.0298. The van der Waals surface area contributed by atoms with E-state index in [2.05, 4.69) is 66.9 Å². The molecule has 160 valence electrons. The second-order valence-electron chi connectivity index (χ2n) is 9.54. The van der Waals surface area contributed by atoms with Crippen molar-refractivity contribution in [3.63, 3.8) is 0 Å². The molecule has 4 rings (SSSR count). The molecule has 0 saturated heterocycles. The number of benzene rings is 1. The molecule has 31 heavy (non-hydrogen) atoms. The third-order valence-electron chi connectivity index (χ3n) is 6.02. The molecule has 0 aliphatic heterocycles. The lowest BCUT2D eigenvalue weighted by Gasteiger charge is -2.29. The van der Waals surface area contributed by atoms with Crippen molar-refractivity contribution in [2.75, 3.05) is 0 Å². The van der Waals surface area contributed by atoms with Gasteiger partial charge in [-0.3, -0.25) is 14.2 Å². The number of aromatic nitrogens is 4. The number of nitrogens with two attached hydrogens (primary N) is 1. The van der Waals surface area contributed by atoms with Crippen LogP contribution in [-0.4, -0.2) is 25.4 Å². The largest absolute Gasteiger partial charge is 0.364 e. The number of nitrogens with zero attached hydrogens (tertiary/aromatic N) is 4. The van der Waals surface area contributed by atoms with E-state index in [-0.39, 0.29) is 39.8 Å². The van der Waals surface area contributed by atoms with Gasteiger partial charge in [0.25, 0.3) is 11.5 Å². The maximum absolute atomic E-state index is 13.3. The topological polar surface area (TPSA) is 104 Å². The van der Waals surface area contributed by atoms with E-state index in [0.717, 1.165) is 18.4 Å². The molecule has 1 saturated carbocycles. The van der Waals surface area contributed by atoms with E-state index in [4.69, 9.17) is 5.73 Å². The molecule has 1 atom stereocenters. The molecule has 7 heteroatoms. The summed E-state index contributed by atoms with van der Waals surface area (Å²) < 4.78 is 1.63. The lowest BCUT2D eigenvalue weighted by atomic mass is 9.84. The predicted octanol–water partition coefficient (Wildman–Crippen LogP) is 3.49. The minimum Gasteiger partial charge on any atom is -0.364 e. The van der Waals surface area contributed by atoms with Crippen LogP contribution in [-0.2, 0) is 5.41 Å². The Morgan fingerprint density at radius 3 is 2.26 bits per heavy atom. The van der Waals surface area contributed by atoms with Gasteiger partial charge in [0, 0.05) is 18.5 Å². The first-order valence-corrected chi connectivity index (χ1v) is 10.4. The lowest BCUT2D eigenvalue weighted by molar-refractivity contribution is 0.0995. The number of amides is 1. The van der Waals surface area contributed by atoms with Gasteiger partial charge in [-0.25, -0.2) is 15.0 Å². The number of carbonyl (C=O) groups is 1. The summed E-state index contributed by atoms with van der Waals surface area (Å²) in [7, 11) is 0. The van der Waals surface area contributed by atoms with Crippen LogP contribution in [0.15, 0.2) is 53.6 Å². The maximum atomic E-state index is 13.3. The van der Waals surface area contributed by atoms with Crippen molar-refractivity contribution in [3.8, 4) is 11.6 Å². The molecule has 1 aliphatic carbocycles. The van der Waals surface area contributed by atoms with Crippen molar-refractivity contribution >= 4 is 5.91 Å². The van der Waals surface area contributed by atoms with E-state index in [9.17, 15) is 9.59 Å². The van der Waals surface area contributed by atoms with Gasteiger partial charge in [0.05, 0.1) is 6.04 Å². The van der Waals surface area contributed by atoms with E-state index < -0.39 is 5.91 Å². The van der Waals surface area contributed by atoms with Crippen LogP contribution in [0.2, 0.25) is 0 Å². The van der Waals surface area contributed by atoms with Crippen molar-refractivity contribution < 1.29 is 4.79 Å². The van der Waals surface area contributed by atoms with Gasteiger partial charge >= 0.3 is 0 Å². The molecule has 7 nitrogen and oxygen atoms in total. The van der Waals surface area contributed by atoms with Gasteiger partial charge in [-0.1, -0.05) is 52.0 Å². The number of carbonyl (C=O) groups excluding carboxylic acids is 1. The highest BCUT2D eigenvalue weighted by Gasteiger charge is 2.48. The Labute approximate surface area is 181 Å². The van der Waals surface area contributed by atoms with Crippen molar-refractivity contribution in [1.29, 1.82) is 0 Å². The standard InChI is InChI=1S/C24H27N5O2/c1-23(2,3)16-8-6-15(7-9-16)19(24(4)10-11-24)29-18(30)14-17(20(25)31)28-22(29)21-26-12-5-13-27-21/h5-9,12-14,19H,10-11H2,1-4H3,(H2,25,31)/t19-/m0/s1. The number of hydrogen-bond donors (Lipinski definition) is 1. The average Bonchev–Trinajstić information content (AvgIpc) is 3.47. The van der Waals surface area contributed by atoms with E-state index >= 15 is 0 Å². The normalized spacial score (nSPS) is 16.0. The molecule has 0 radical (unpaired) electrons. The average molecular weight is 418 g/mol. The van der Waals surface area contributed by atoms with Crippen LogP contribution in [0, 0.1) is 5.41 Å². The van der Waals surface area contributed by atoms with Crippen molar-refractivity contribution in [1.82, 2.24) is 19.5 Å². The summed E-state index contributed by atoms with van der Waals surface area (Å²) >= 11 is 0. The predicted molar refractivity (Wildman–Crippen MR) is 119 cm³/mol. The van der Waals surface area contributed by atoms with Gasteiger partial charge < -0.3 is 5.73 Å². The molecule has 2 aromatic heterocycles. The third kappa shape index (κ3) is 4.00. The van der Waals surface area contributed by atoms with Crippen molar-refractivity contribution in [2.24, 2.45) is 11.1 Å². The fourth-order valence-electron chi connectivity index (χ4n) is 3.94. The van der Waals surface area contributed by atoms with Crippen LogP contribution in [0.5, 0.6) is 0 Å². The second-order valence-corrected chi connectivity index (χ2v) is 9.54. The smallest absolute Gasteiger partial charge is 0.267 e. The van der Waals surface area contributed by atoms with E-state index in [1.165, 1.54) is 11.6 Å². The van der Waals surface area contributed by atoms with Crippen LogP contribution in [0.4, 0.5) is 0 Å². The zero-order valence-electron chi connectivity index (χ0n) is 18.3. The molecule has 1 fully saturated rings. The zero-order valence-corrected chi connectivity index (χ0v) is 18.3. The van der Waals surface area contributed by atoms with E-state index in [1.807, 2.05) is 0 Å². The molecule has 2 heterocycles. The Hall–Kier alpha value is -3.35. The minimum atomic E-state index is -0.759. The van der Waals surface area contributed by atoms with Gasteiger partial charge in [0.1, 0.15) is 5.69 Å². The molecule has 2 N–H and O–H groups in total. The lowest BCUT2D eigenvalue weighted by Crippen LogP contribution is -2.34. The first-order chi connectivity index (χ1) is 14.6. The molecular formula is C24H27N5O2. The second kappa shape index (κ2) is 7.41. The highest BCUT2D eigenvalue weighted by molar-refractivity contribution is 5.91. The molecule has 0 spiro atoms. The Balaban J connectivity index is 1.95. The summed E-state index contributed by atoms with van der Waals surface area (Å²) in [6.07, 6.45) is 5.14. The summed E-state index contributed by atoms with van der Waals surface area (Å²) in [5, 5.41) is 0. The maximum Gasteiger partial charge on any atom is 0.267 e. The first-order valence-electron chi connectivity index (χ1n) is 10.4. The Morgan fingerprint density at radius 1 is 1.13 bits per heavy atom. The van der Waals surface area contributed by atoms with E-state index in [1.54, 1.807) is 23.0 Å². The van der Waals surface area contributed by atoms with Crippen LogP contribution < -0.4 is 11.3 Å². The number of rotatable bonds is 5. The number of hydrogen-bond acceptors (Lipinski definition) is 5. The zero-order chi connectivity index (χ0) is 22.4. The summed E-state index contributed by atoms with van der Waals surface area (Å²) in [6.45, 7) is 8.68. The number of primary amides is 1. The van der Waals surface area contributed by atoms with Gasteiger partial charge in [0.15, 0.2) is 11.6 Å². The molecule has 1 aromatic carbocycles. The molecule has 3 aromatic rings. The SMILES string of the molecule is CC(C)(C)c1ccc([C@H](n2c(-c3ncccn3)nc(C(N)=O)cc2=O)C2(C)CC2)cc1. The van der Waals surface area contributed by atoms with Crippen LogP contribution in [0.25, 0.3) is 11.6 Å². The fourth-order valence-corrected chi connectivity index (χ4v) is 3.94.